The Morgan fingerprint density at radius 1 is 1.25 bits per heavy atom. The van der Waals surface area contributed by atoms with E-state index in [4.69, 9.17) is 5.11 Å². The zero-order valence-corrected chi connectivity index (χ0v) is 17.8. The Balaban J connectivity index is 2.87. The molecule has 0 aliphatic carbocycles. The van der Waals surface area contributed by atoms with Gasteiger partial charge >= 0.3 is 5.97 Å². The highest BCUT2D eigenvalue weighted by Gasteiger charge is 2.14. The van der Waals surface area contributed by atoms with Crippen LogP contribution in [-0.4, -0.2) is 17.6 Å². The summed E-state index contributed by atoms with van der Waals surface area (Å²) < 4.78 is 3.51. The summed E-state index contributed by atoms with van der Waals surface area (Å²) in [6, 6.07) is 2.13. The lowest BCUT2D eigenvalue weighted by Crippen LogP contribution is -2.09. The number of unbranched alkanes of at least 4 members (excludes halogenated alkanes) is 2. The molecule has 0 bridgehead atoms. The van der Waals surface area contributed by atoms with Gasteiger partial charge in [-0.15, -0.1) is 0 Å². The number of anilines is 1. The number of halogens is 3. The molecule has 0 amide bonds. The summed E-state index contributed by atoms with van der Waals surface area (Å²) in [5.41, 5.74) is 2.30. The van der Waals surface area contributed by atoms with E-state index in [9.17, 15) is 4.79 Å². The Labute approximate surface area is 161 Å². The maximum absolute atomic E-state index is 10.8. The number of carboxylic acids is 1. The van der Waals surface area contributed by atoms with E-state index >= 15 is 0 Å². The van der Waals surface area contributed by atoms with E-state index in [1.54, 1.807) is 0 Å². The van der Waals surface area contributed by atoms with Crippen LogP contribution in [0.1, 0.15) is 38.2 Å². The van der Waals surface area contributed by atoms with Crippen LogP contribution in [-0.2, 0) is 11.2 Å². The van der Waals surface area contributed by atoms with Crippen LogP contribution >= 0.6 is 67.8 Å². The van der Waals surface area contributed by atoms with Crippen LogP contribution < -0.4 is 5.32 Å². The van der Waals surface area contributed by atoms with Crippen molar-refractivity contribution in [1.29, 1.82) is 0 Å². The van der Waals surface area contributed by atoms with Crippen LogP contribution in [0.3, 0.4) is 0 Å². The number of rotatable bonds is 8. The van der Waals surface area contributed by atoms with Crippen molar-refractivity contribution in [1.82, 2.24) is 0 Å². The molecule has 3 nitrogen and oxygen atoms in total. The van der Waals surface area contributed by atoms with Gasteiger partial charge in [-0.25, -0.2) is 0 Å². The molecule has 0 heterocycles. The van der Waals surface area contributed by atoms with E-state index in [2.05, 4.69) is 86.1 Å². The molecule has 6 heteroatoms. The third-order valence-electron chi connectivity index (χ3n) is 2.94. The second-order valence-corrected chi connectivity index (χ2v) is 7.94. The number of aliphatic carboxylic acids is 1. The second kappa shape index (κ2) is 9.65. The summed E-state index contributed by atoms with van der Waals surface area (Å²) in [5.74, 6) is -0.743. The minimum absolute atomic E-state index is 0.182. The zero-order chi connectivity index (χ0) is 15.1. The molecule has 0 atom stereocenters. The molecule has 0 fully saturated rings. The fourth-order valence-electron chi connectivity index (χ4n) is 1.84. The lowest BCUT2D eigenvalue weighted by Gasteiger charge is -2.16. The second-order valence-electron chi connectivity index (χ2n) is 4.54. The minimum Gasteiger partial charge on any atom is -0.481 e. The largest absolute Gasteiger partial charge is 0.481 e. The molecule has 0 aliphatic heterocycles. The molecule has 2 N–H and O–H groups in total. The summed E-state index contributed by atoms with van der Waals surface area (Å²) in [4.78, 5) is 10.8. The van der Waals surface area contributed by atoms with Gasteiger partial charge in [-0.2, -0.15) is 0 Å². The number of carbonyl (C=O) groups is 1. The van der Waals surface area contributed by atoms with E-state index in [1.807, 2.05) is 0 Å². The third kappa shape index (κ3) is 5.82. The van der Waals surface area contributed by atoms with Gasteiger partial charge in [0.15, 0.2) is 0 Å². The summed E-state index contributed by atoms with van der Waals surface area (Å²) in [7, 11) is 0. The molecule has 1 rings (SSSR count). The molecule has 0 aromatic heterocycles. The smallest absolute Gasteiger partial charge is 0.303 e. The van der Waals surface area contributed by atoms with Gasteiger partial charge in [-0.05, 0) is 92.2 Å². The summed E-state index contributed by atoms with van der Waals surface area (Å²) >= 11 is 6.97. The van der Waals surface area contributed by atoms with Crippen molar-refractivity contribution >= 4 is 79.4 Å². The van der Waals surface area contributed by atoms with Crippen molar-refractivity contribution in [2.24, 2.45) is 0 Å². The molecule has 20 heavy (non-hydrogen) atoms. The van der Waals surface area contributed by atoms with Gasteiger partial charge in [0.1, 0.15) is 0 Å². The van der Waals surface area contributed by atoms with Crippen LogP contribution in [0.25, 0.3) is 0 Å². The topological polar surface area (TPSA) is 49.3 Å². The average Bonchev–Trinajstić information content (AvgIpc) is 2.36. The zero-order valence-electron chi connectivity index (χ0n) is 11.3. The summed E-state index contributed by atoms with van der Waals surface area (Å²) in [6.07, 6.45) is 4.39. The molecule has 0 saturated heterocycles. The standard InChI is InChI=1S/C14H18I3NO2/c1-2-3-4-7-18-14-11(16)8-10(15)9(13(14)17)5-6-12(19)20/h8,18H,2-7H2,1H3,(H,19,20). The Bertz CT molecular complexity index is 478. The van der Waals surface area contributed by atoms with Gasteiger partial charge in [0, 0.05) is 23.7 Å². The van der Waals surface area contributed by atoms with Crippen molar-refractivity contribution < 1.29 is 9.90 Å². The molecule has 0 aliphatic rings. The Morgan fingerprint density at radius 2 is 1.95 bits per heavy atom. The molecule has 0 radical (unpaired) electrons. The van der Waals surface area contributed by atoms with E-state index in [0.717, 1.165) is 24.9 Å². The van der Waals surface area contributed by atoms with Crippen molar-refractivity contribution in [3.8, 4) is 0 Å². The molecular formula is C14H18I3NO2. The van der Waals surface area contributed by atoms with Gasteiger partial charge in [0.25, 0.3) is 0 Å². The highest BCUT2D eigenvalue weighted by Crippen LogP contribution is 2.32. The van der Waals surface area contributed by atoms with Gasteiger partial charge in [-0.1, -0.05) is 19.8 Å². The lowest BCUT2D eigenvalue weighted by atomic mass is 10.1. The predicted octanol–water partition coefficient (Wildman–Crippen LogP) is 5.12. The Morgan fingerprint density at radius 3 is 2.55 bits per heavy atom. The molecular weight excluding hydrogens is 595 g/mol. The highest BCUT2D eigenvalue weighted by molar-refractivity contribution is 14.1. The normalized spacial score (nSPS) is 10.6. The van der Waals surface area contributed by atoms with Crippen LogP contribution in [0.4, 0.5) is 5.69 Å². The van der Waals surface area contributed by atoms with E-state index in [0.29, 0.717) is 6.42 Å². The van der Waals surface area contributed by atoms with E-state index in [1.165, 1.54) is 22.8 Å². The van der Waals surface area contributed by atoms with Gasteiger partial charge in [0.05, 0.1) is 5.69 Å². The van der Waals surface area contributed by atoms with Crippen LogP contribution in [0, 0.1) is 10.7 Å². The fraction of sp³-hybridized carbons (Fsp3) is 0.500. The van der Waals surface area contributed by atoms with Crippen LogP contribution in [0.15, 0.2) is 6.07 Å². The molecule has 112 valence electrons. The first-order valence-electron chi connectivity index (χ1n) is 6.59. The summed E-state index contributed by atoms with van der Waals surface area (Å²) in [5, 5.41) is 12.4. The first-order valence-corrected chi connectivity index (χ1v) is 9.83. The first kappa shape index (κ1) is 18.7. The molecule has 0 spiro atoms. The monoisotopic (exact) mass is 613 g/mol. The van der Waals surface area contributed by atoms with Crippen molar-refractivity contribution in [3.63, 3.8) is 0 Å². The number of carboxylic acid groups (broad SMARTS) is 1. The van der Waals surface area contributed by atoms with E-state index in [-0.39, 0.29) is 6.42 Å². The van der Waals surface area contributed by atoms with E-state index < -0.39 is 5.97 Å². The van der Waals surface area contributed by atoms with Crippen LogP contribution in [0.5, 0.6) is 0 Å². The first-order chi connectivity index (χ1) is 9.47. The lowest BCUT2D eigenvalue weighted by molar-refractivity contribution is -0.136. The SMILES string of the molecule is CCCCCNc1c(I)cc(I)c(CCC(=O)O)c1I. The average molecular weight is 613 g/mol. The fourth-order valence-corrected chi connectivity index (χ4v) is 6.13. The number of nitrogens with one attached hydrogen (secondary N) is 1. The molecule has 0 saturated carbocycles. The maximum Gasteiger partial charge on any atom is 0.303 e. The minimum atomic E-state index is -0.743. The van der Waals surface area contributed by atoms with Crippen molar-refractivity contribution in [2.75, 3.05) is 11.9 Å². The van der Waals surface area contributed by atoms with Gasteiger partial charge in [-0.3, -0.25) is 4.79 Å². The molecule has 0 unspecified atom stereocenters. The van der Waals surface area contributed by atoms with Gasteiger partial charge < -0.3 is 10.4 Å². The van der Waals surface area contributed by atoms with Crippen molar-refractivity contribution in [3.05, 3.63) is 22.3 Å². The quantitative estimate of drug-likeness (QED) is 0.317. The van der Waals surface area contributed by atoms with Crippen LogP contribution in [0.2, 0.25) is 0 Å². The molecule has 1 aromatic carbocycles. The highest BCUT2D eigenvalue weighted by atomic mass is 127. The Kier molecular flexibility index (Phi) is 9.03. The number of hydrogen-bond acceptors (Lipinski definition) is 2. The maximum atomic E-state index is 10.8. The Hall–Kier alpha value is 0.680. The predicted molar refractivity (Wildman–Crippen MR) is 109 cm³/mol. The number of hydrogen-bond donors (Lipinski definition) is 2. The summed E-state index contributed by atoms with van der Waals surface area (Å²) in [6.45, 7) is 3.17. The third-order valence-corrected chi connectivity index (χ3v) is 5.94. The molecule has 1 aromatic rings. The van der Waals surface area contributed by atoms with Gasteiger partial charge in [0.2, 0.25) is 0 Å². The van der Waals surface area contributed by atoms with Crippen molar-refractivity contribution in [2.45, 2.75) is 39.0 Å². The number of benzene rings is 1.